The van der Waals surface area contributed by atoms with Crippen molar-refractivity contribution in [3.8, 4) is 0 Å². The second kappa shape index (κ2) is 7.67. The van der Waals surface area contributed by atoms with E-state index in [9.17, 15) is 4.79 Å². The Balaban J connectivity index is 0.00000192. The number of hydrogen-bond donors (Lipinski definition) is 1. The summed E-state index contributed by atoms with van der Waals surface area (Å²) in [5, 5.41) is 0. The fourth-order valence-corrected chi connectivity index (χ4v) is 3.56. The molecule has 2 saturated carbocycles. The van der Waals surface area contributed by atoms with E-state index in [0.29, 0.717) is 11.9 Å². The van der Waals surface area contributed by atoms with Gasteiger partial charge in [-0.2, -0.15) is 0 Å². The Bertz CT molecular complexity index is 556. The smallest absolute Gasteiger partial charge is 0.226 e. The Labute approximate surface area is 146 Å². The standard InChI is InChI=1S/C19H28N2O.ClH/c1-13-6-7-15(10-14(13)2)12-21(18-8-9-18)19(22)16-4-3-5-17(20)11-16;/h6-7,10,16-18H,3-5,8-9,11-12,20H2,1-2H3;1H. The molecule has 2 N–H and O–H groups in total. The Kier molecular flexibility index (Phi) is 6.10. The molecule has 128 valence electrons. The Morgan fingerprint density at radius 3 is 2.52 bits per heavy atom. The molecule has 2 aliphatic carbocycles. The summed E-state index contributed by atoms with van der Waals surface area (Å²) in [5.74, 6) is 0.492. The van der Waals surface area contributed by atoms with Crippen LogP contribution in [0.3, 0.4) is 0 Å². The number of nitrogens with zero attached hydrogens (tertiary/aromatic N) is 1. The van der Waals surface area contributed by atoms with Crippen molar-refractivity contribution in [3.05, 3.63) is 34.9 Å². The molecule has 0 spiro atoms. The second-order valence-electron chi connectivity index (χ2n) is 7.24. The molecule has 3 nitrogen and oxygen atoms in total. The lowest BCUT2D eigenvalue weighted by molar-refractivity contribution is -0.138. The van der Waals surface area contributed by atoms with Crippen LogP contribution in [0.4, 0.5) is 0 Å². The molecule has 0 bridgehead atoms. The third-order valence-corrected chi connectivity index (χ3v) is 5.26. The van der Waals surface area contributed by atoms with E-state index in [4.69, 9.17) is 5.73 Å². The predicted octanol–water partition coefficient (Wildman–Crippen LogP) is 3.73. The monoisotopic (exact) mass is 336 g/mol. The summed E-state index contributed by atoms with van der Waals surface area (Å²) in [4.78, 5) is 15.1. The molecular weight excluding hydrogens is 308 g/mol. The fourth-order valence-electron chi connectivity index (χ4n) is 3.56. The highest BCUT2D eigenvalue weighted by Gasteiger charge is 2.37. The third kappa shape index (κ3) is 4.48. The maximum Gasteiger partial charge on any atom is 0.226 e. The van der Waals surface area contributed by atoms with Crippen molar-refractivity contribution < 1.29 is 4.79 Å². The van der Waals surface area contributed by atoms with Gasteiger partial charge in [0.05, 0.1) is 0 Å². The van der Waals surface area contributed by atoms with Gasteiger partial charge in [0.1, 0.15) is 0 Å². The van der Waals surface area contributed by atoms with Crippen LogP contribution in [-0.2, 0) is 11.3 Å². The minimum atomic E-state index is 0. The van der Waals surface area contributed by atoms with Crippen molar-refractivity contribution in [2.24, 2.45) is 11.7 Å². The molecule has 2 unspecified atom stereocenters. The Hall–Kier alpha value is -1.06. The van der Waals surface area contributed by atoms with Crippen LogP contribution in [0.1, 0.15) is 55.2 Å². The van der Waals surface area contributed by atoms with E-state index in [-0.39, 0.29) is 24.4 Å². The summed E-state index contributed by atoms with van der Waals surface area (Å²) in [6, 6.07) is 7.23. The summed E-state index contributed by atoms with van der Waals surface area (Å²) in [7, 11) is 0. The van der Waals surface area contributed by atoms with Crippen molar-refractivity contribution in [2.75, 3.05) is 0 Å². The highest BCUT2D eigenvalue weighted by Crippen LogP contribution is 2.33. The molecule has 2 fully saturated rings. The predicted molar refractivity (Wildman–Crippen MR) is 96.7 cm³/mol. The average molecular weight is 337 g/mol. The van der Waals surface area contributed by atoms with Crippen LogP contribution in [0, 0.1) is 19.8 Å². The average Bonchev–Trinajstić information content (AvgIpc) is 3.32. The molecule has 0 aromatic heterocycles. The van der Waals surface area contributed by atoms with Gasteiger partial charge in [-0.25, -0.2) is 0 Å². The van der Waals surface area contributed by atoms with E-state index in [1.165, 1.54) is 16.7 Å². The molecule has 0 heterocycles. The normalized spacial score (nSPS) is 24.0. The molecule has 23 heavy (non-hydrogen) atoms. The number of rotatable bonds is 4. The maximum atomic E-state index is 13.0. The molecule has 3 rings (SSSR count). The van der Waals surface area contributed by atoms with Crippen molar-refractivity contribution in [1.82, 2.24) is 4.90 Å². The molecular formula is C19H29ClN2O. The highest BCUT2D eigenvalue weighted by atomic mass is 35.5. The zero-order valence-electron chi connectivity index (χ0n) is 14.3. The van der Waals surface area contributed by atoms with Crippen molar-refractivity contribution in [2.45, 2.75) is 71.0 Å². The quantitative estimate of drug-likeness (QED) is 0.910. The van der Waals surface area contributed by atoms with Gasteiger partial charge in [0.25, 0.3) is 0 Å². The van der Waals surface area contributed by atoms with E-state index in [1.807, 2.05) is 0 Å². The van der Waals surface area contributed by atoms with Crippen LogP contribution in [0.25, 0.3) is 0 Å². The number of carbonyl (C=O) groups excluding carboxylic acids is 1. The molecule has 0 saturated heterocycles. The first-order valence-corrected chi connectivity index (χ1v) is 8.67. The van der Waals surface area contributed by atoms with Gasteiger partial charge in [0.2, 0.25) is 5.91 Å². The molecule has 1 aromatic carbocycles. The van der Waals surface area contributed by atoms with Crippen LogP contribution in [-0.4, -0.2) is 22.9 Å². The number of nitrogens with two attached hydrogens (primary N) is 1. The van der Waals surface area contributed by atoms with Crippen molar-refractivity contribution in [1.29, 1.82) is 0 Å². The summed E-state index contributed by atoms with van der Waals surface area (Å²) < 4.78 is 0. The van der Waals surface area contributed by atoms with E-state index >= 15 is 0 Å². The van der Waals surface area contributed by atoms with Gasteiger partial charge in [-0.3, -0.25) is 4.79 Å². The minimum absolute atomic E-state index is 0. The second-order valence-corrected chi connectivity index (χ2v) is 7.24. The van der Waals surface area contributed by atoms with Crippen molar-refractivity contribution >= 4 is 18.3 Å². The highest BCUT2D eigenvalue weighted by molar-refractivity contribution is 5.85. The fraction of sp³-hybridized carbons (Fsp3) is 0.632. The number of hydrogen-bond acceptors (Lipinski definition) is 2. The number of halogens is 1. The first kappa shape index (κ1) is 18.3. The van der Waals surface area contributed by atoms with Gasteiger partial charge in [-0.1, -0.05) is 24.6 Å². The lowest BCUT2D eigenvalue weighted by atomic mass is 9.85. The molecule has 4 heteroatoms. The number of benzene rings is 1. The first-order chi connectivity index (χ1) is 10.5. The van der Waals surface area contributed by atoms with Gasteiger partial charge < -0.3 is 10.6 Å². The SMILES string of the molecule is Cc1ccc(CN(C(=O)C2CCCC(N)C2)C2CC2)cc1C.Cl. The largest absolute Gasteiger partial charge is 0.335 e. The van der Waals surface area contributed by atoms with Gasteiger partial charge in [0.15, 0.2) is 0 Å². The van der Waals surface area contributed by atoms with Gasteiger partial charge in [0, 0.05) is 24.5 Å². The van der Waals surface area contributed by atoms with E-state index in [0.717, 1.165) is 45.1 Å². The Morgan fingerprint density at radius 2 is 1.91 bits per heavy atom. The molecule has 2 atom stereocenters. The van der Waals surface area contributed by atoms with Crippen LogP contribution in [0.5, 0.6) is 0 Å². The van der Waals surface area contributed by atoms with E-state index < -0.39 is 0 Å². The van der Waals surface area contributed by atoms with Crippen LogP contribution >= 0.6 is 12.4 Å². The van der Waals surface area contributed by atoms with Gasteiger partial charge in [-0.05, 0) is 62.6 Å². The number of aryl methyl sites for hydroxylation is 2. The lowest BCUT2D eigenvalue weighted by Crippen LogP contribution is -2.41. The zero-order chi connectivity index (χ0) is 15.7. The molecule has 0 aliphatic heterocycles. The topological polar surface area (TPSA) is 46.3 Å². The Morgan fingerprint density at radius 1 is 1.17 bits per heavy atom. The van der Waals surface area contributed by atoms with Crippen LogP contribution < -0.4 is 5.73 Å². The zero-order valence-corrected chi connectivity index (χ0v) is 15.1. The summed E-state index contributed by atoms with van der Waals surface area (Å²) in [5.41, 5.74) is 9.94. The maximum absolute atomic E-state index is 13.0. The van der Waals surface area contributed by atoms with Crippen molar-refractivity contribution in [3.63, 3.8) is 0 Å². The van der Waals surface area contributed by atoms with Gasteiger partial charge in [-0.15, -0.1) is 12.4 Å². The molecule has 0 radical (unpaired) electrons. The lowest BCUT2D eigenvalue weighted by Gasteiger charge is -2.31. The molecule has 1 aromatic rings. The van der Waals surface area contributed by atoms with Crippen LogP contribution in [0.2, 0.25) is 0 Å². The van der Waals surface area contributed by atoms with E-state index in [2.05, 4.69) is 36.9 Å². The summed E-state index contributed by atoms with van der Waals surface area (Å²) >= 11 is 0. The minimum Gasteiger partial charge on any atom is -0.335 e. The number of amides is 1. The molecule has 2 aliphatic rings. The first-order valence-electron chi connectivity index (χ1n) is 8.67. The summed E-state index contributed by atoms with van der Waals surface area (Å²) in [6.07, 6.45) is 6.38. The van der Waals surface area contributed by atoms with Gasteiger partial charge >= 0.3 is 0 Å². The summed E-state index contributed by atoms with van der Waals surface area (Å²) in [6.45, 7) is 5.03. The molecule has 1 amide bonds. The van der Waals surface area contributed by atoms with Crippen LogP contribution in [0.15, 0.2) is 18.2 Å². The number of carbonyl (C=O) groups is 1. The van der Waals surface area contributed by atoms with E-state index in [1.54, 1.807) is 0 Å². The third-order valence-electron chi connectivity index (χ3n) is 5.26.